The van der Waals surface area contributed by atoms with E-state index < -0.39 is 5.09 Å². The Kier molecular flexibility index (Phi) is 5.63. The van der Waals surface area contributed by atoms with Crippen molar-refractivity contribution in [3.8, 4) is 0 Å². The van der Waals surface area contributed by atoms with E-state index in [1.165, 1.54) is 0 Å². The second-order valence-corrected chi connectivity index (χ2v) is 0.238. The van der Waals surface area contributed by atoms with Crippen LogP contribution in [0.25, 0.3) is 0 Å². The average Bonchev–Trinajstić information content (AvgIpc) is 0.811. The Balaban J connectivity index is 0. The Hall–Kier alpha value is -0.840. The summed E-state index contributed by atoms with van der Waals surface area (Å²) in [5.41, 5.74) is 0. The van der Waals surface area contributed by atoms with Crippen molar-refractivity contribution in [3.63, 3.8) is 0 Å². The fourth-order valence-electron chi connectivity index (χ4n) is 0. The second-order valence-electron chi connectivity index (χ2n) is 0.238. The van der Waals surface area contributed by atoms with Crippen LogP contribution in [0.4, 0.5) is 0 Å². The smallest absolute Gasteiger partial charge is 0.291 e. The molecule has 0 heterocycles. The van der Waals surface area contributed by atoms with Gasteiger partial charge < -0.3 is 5.21 Å². The summed E-state index contributed by atoms with van der Waals surface area (Å²) in [7, 11) is 0. The molecule has 0 aliphatic carbocycles. The second kappa shape index (κ2) is 3.16. The van der Waals surface area contributed by atoms with E-state index in [1.807, 2.05) is 0 Å². The van der Waals surface area contributed by atoms with Crippen LogP contribution >= 0.6 is 0 Å². The molecule has 0 saturated carbocycles. The van der Waals surface area contributed by atoms with E-state index in [0.29, 0.717) is 0 Å². The van der Waals surface area contributed by atoms with E-state index in [9.17, 15) is 0 Å². The molecule has 0 aromatic heterocycles. The van der Waals surface area contributed by atoms with Gasteiger partial charge in [0.15, 0.2) is 0 Å². The quantitative estimate of drug-likeness (QED) is 0.302. The Labute approximate surface area is 27.9 Å². The molecule has 0 aliphatic heterocycles. The van der Waals surface area contributed by atoms with Gasteiger partial charge in [-0.15, -0.1) is 10.1 Å². The lowest BCUT2D eigenvalue weighted by molar-refractivity contribution is -0.742. The van der Waals surface area contributed by atoms with Gasteiger partial charge in [0.2, 0.25) is 0 Å². The number of hydrogen-bond donors (Lipinski definition) is 1. The van der Waals surface area contributed by atoms with Gasteiger partial charge in [-0.2, -0.15) is 0 Å². The van der Waals surface area contributed by atoms with E-state index in [-0.39, 0.29) is 6.15 Å². The summed E-state index contributed by atoms with van der Waals surface area (Å²) < 4.78 is 0. The van der Waals surface area contributed by atoms with Crippen LogP contribution in [0.1, 0.15) is 0 Å². The fraction of sp³-hybridized carbons (Fsp3) is 0. The van der Waals surface area contributed by atoms with Gasteiger partial charge in [0.25, 0.3) is 5.09 Å². The van der Waals surface area contributed by atoms with Crippen LogP contribution in [0.5, 0.6) is 0 Å². The summed E-state index contributed by atoms with van der Waals surface area (Å²) in [6.45, 7) is 0. The Morgan fingerprint density at radius 3 is 1.80 bits per heavy atom. The lowest BCUT2D eigenvalue weighted by Gasteiger charge is -1.56. The molecule has 0 spiro atoms. The summed E-state index contributed by atoms with van der Waals surface area (Å²) in [6.07, 6.45) is 0. The molecule has 0 atom stereocenters. The molecule has 0 amide bonds. The van der Waals surface area contributed by atoms with Crippen LogP contribution < -0.4 is 6.15 Å². The minimum absolute atomic E-state index is 0. The summed E-state index contributed by atoms with van der Waals surface area (Å²) in [6, 6.07) is 0. The fourth-order valence-corrected chi connectivity index (χ4v) is 0. The van der Waals surface area contributed by atoms with Gasteiger partial charge in [-0.05, 0) is 0 Å². The number of nitrogens with zero attached hydrogens (tertiary/aromatic N) is 2. The monoisotopic (exact) mass is 77.0 g/mol. The molecule has 0 bridgehead atoms. The van der Waals surface area contributed by atoms with Crippen molar-refractivity contribution in [1.29, 1.82) is 0 Å². The van der Waals surface area contributed by atoms with Crippen LogP contribution in [0.3, 0.4) is 0 Å². The van der Waals surface area contributed by atoms with Crippen LogP contribution in [0, 0.1) is 10.1 Å². The highest BCUT2D eigenvalue weighted by Gasteiger charge is 1.65. The number of hydrogen-bond acceptors (Lipinski definition) is 2. The average molecular weight is 77.0 g/mol. The molecule has 0 aliphatic rings. The molecule has 0 aromatic carbocycles. The lowest BCUT2D eigenvalue weighted by atomic mass is 13.1. The van der Waals surface area contributed by atoms with Crippen molar-refractivity contribution in [3.05, 3.63) is 10.1 Å². The number of rotatable bonds is 0. The predicted octanol–water partition coefficient (Wildman–Crippen LogP) is -0.828. The van der Waals surface area contributed by atoms with Gasteiger partial charge in [0.1, 0.15) is 0 Å². The minimum Gasteiger partial charge on any atom is -0.328 e. The first kappa shape index (κ1) is 8.90. The molecule has 0 fully saturated rings. The maximum Gasteiger partial charge on any atom is 0.291 e. The highest BCUT2D eigenvalue weighted by molar-refractivity contribution is 3.83. The molecule has 5 heavy (non-hydrogen) atoms. The first-order valence-electron chi connectivity index (χ1n) is 0.565. The summed E-state index contributed by atoms with van der Waals surface area (Å²) in [5, 5.41) is 13.6. The standard InChI is InChI=1S/HNO3.N/c2-1(3)4;/h(H,2,3,4);. The molecule has 5 heteroatoms. The third-order valence-electron chi connectivity index (χ3n) is 0. The largest absolute Gasteiger partial charge is 0.328 e. The molecule has 5 nitrogen and oxygen atoms in total. The van der Waals surface area contributed by atoms with Crippen molar-refractivity contribution in [2.45, 2.75) is 0 Å². The van der Waals surface area contributed by atoms with Crippen molar-refractivity contribution in [2.75, 3.05) is 0 Å². The maximum absolute atomic E-state index is 8.36. The highest BCUT2D eigenvalue weighted by Crippen LogP contribution is 1.38. The Bertz CT molecular complexity index is 27.9. The normalized spacial score (nSPS) is 4.80. The SMILES string of the molecule is O=[N+]([O-])O.[N]. The minimum atomic E-state index is -1.50. The predicted molar refractivity (Wildman–Crippen MR) is 10.9 cm³/mol. The zero-order valence-electron chi connectivity index (χ0n) is 2.16. The Morgan fingerprint density at radius 1 is 1.80 bits per heavy atom. The van der Waals surface area contributed by atoms with E-state index in [0.717, 1.165) is 0 Å². The molecule has 0 saturated heterocycles. The van der Waals surface area contributed by atoms with Crippen LogP contribution in [-0.4, -0.2) is 10.3 Å². The van der Waals surface area contributed by atoms with Gasteiger partial charge in [-0.3, -0.25) is 0 Å². The van der Waals surface area contributed by atoms with Gasteiger partial charge in [0, 0.05) is 6.15 Å². The highest BCUT2D eigenvalue weighted by atomic mass is 16.9. The molecule has 1 N–H and O–H groups in total. The molecule has 0 rings (SSSR count). The van der Waals surface area contributed by atoms with Crippen LogP contribution in [0.15, 0.2) is 0 Å². The maximum atomic E-state index is 8.36. The molecular weight excluding hydrogens is 76.0 g/mol. The van der Waals surface area contributed by atoms with E-state index in [4.69, 9.17) is 15.3 Å². The van der Waals surface area contributed by atoms with Crippen molar-refractivity contribution in [1.82, 2.24) is 6.15 Å². The van der Waals surface area contributed by atoms with E-state index in [2.05, 4.69) is 0 Å². The van der Waals surface area contributed by atoms with E-state index in [1.54, 1.807) is 0 Å². The van der Waals surface area contributed by atoms with Crippen molar-refractivity contribution in [2.24, 2.45) is 0 Å². The molecule has 0 aromatic rings. The van der Waals surface area contributed by atoms with Gasteiger partial charge in [0.05, 0.1) is 0 Å². The van der Waals surface area contributed by atoms with Gasteiger partial charge >= 0.3 is 0 Å². The third-order valence-corrected chi connectivity index (χ3v) is 0. The Morgan fingerprint density at radius 2 is 1.80 bits per heavy atom. The lowest BCUT2D eigenvalue weighted by Crippen LogP contribution is -1.81. The van der Waals surface area contributed by atoms with Gasteiger partial charge in [-0.25, -0.2) is 0 Å². The van der Waals surface area contributed by atoms with E-state index >= 15 is 0 Å². The first-order valence-corrected chi connectivity index (χ1v) is 0.565. The summed E-state index contributed by atoms with van der Waals surface area (Å²) in [5.74, 6) is 0. The molecule has 0 unspecified atom stereocenters. The molecule has 29 valence electrons. The van der Waals surface area contributed by atoms with Crippen LogP contribution in [0.2, 0.25) is 0 Å². The summed E-state index contributed by atoms with van der Waals surface area (Å²) in [4.78, 5) is 8.36. The topological polar surface area (TPSA) is 93.9 Å². The van der Waals surface area contributed by atoms with Gasteiger partial charge in [-0.1, -0.05) is 0 Å². The molecule has 3 radical (unpaired) electrons. The third kappa shape index (κ3) is 6.03. The summed E-state index contributed by atoms with van der Waals surface area (Å²) >= 11 is 0. The zero-order valence-corrected chi connectivity index (χ0v) is 2.16. The van der Waals surface area contributed by atoms with Crippen LogP contribution in [-0.2, 0) is 0 Å². The first-order chi connectivity index (χ1) is 1.73. The molecular formula is HN2O3. The zero-order chi connectivity index (χ0) is 3.58. The van der Waals surface area contributed by atoms with Crippen molar-refractivity contribution < 1.29 is 10.3 Å². The van der Waals surface area contributed by atoms with Crippen molar-refractivity contribution >= 4 is 0 Å².